The zero-order valence-electron chi connectivity index (χ0n) is 8.58. The summed E-state index contributed by atoms with van der Waals surface area (Å²) in [6.45, 7) is 7.92. The van der Waals surface area contributed by atoms with E-state index in [9.17, 15) is 0 Å². The Bertz CT molecular complexity index is 76.4. The van der Waals surface area contributed by atoms with Crippen molar-refractivity contribution < 1.29 is 36.1 Å². The standard InChI is InChI=1S/C6H12N2.CH4O.Na.H/c1-2-8-5-3-7(1)4-6-8;1-2;;/h1-6H2;2H,1H3;;/q;;+1;-1. The number of nitrogens with zero attached hydrogens (tertiary/aromatic N) is 2. The van der Waals surface area contributed by atoms with Crippen LogP contribution in [0.4, 0.5) is 0 Å². The molecule has 62 valence electrons. The maximum atomic E-state index is 7.00. The Kier molecular flexibility index (Phi) is 6.91. The molecule has 0 unspecified atom stereocenters. The minimum atomic E-state index is 0. The van der Waals surface area contributed by atoms with Gasteiger partial charge in [-0.05, 0) is 0 Å². The van der Waals surface area contributed by atoms with Gasteiger partial charge in [0.2, 0.25) is 0 Å². The topological polar surface area (TPSA) is 26.7 Å². The van der Waals surface area contributed by atoms with Gasteiger partial charge in [0.05, 0.1) is 0 Å². The van der Waals surface area contributed by atoms with E-state index in [4.69, 9.17) is 5.11 Å². The Balaban J connectivity index is 0. The first-order valence-corrected chi connectivity index (χ1v) is 3.84. The van der Waals surface area contributed by atoms with Crippen molar-refractivity contribution in [3.8, 4) is 0 Å². The van der Waals surface area contributed by atoms with Gasteiger partial charge in [-0.3, -0.25) is 9.80 Å². The van der Waals surface area contributed by atoms with Crippen molar-refractivity contribution >= 4 is 0 Å². The van der Waals surface area contributed by atoms with E-state index in [0.29, 0.717) is 0 Å². The molecule has 3 heterocycles. The van der Waals surface area contributed by atoms with Gasteiger partial charge in [0, 0.05) is 46.4 Å². The minimum Gasteiger partial charge on any atom is -1.00 e. The zero-order chi connectivity index (χ0) is 7.40. The molecule has 0 aromatic rings. The normalized spacial score (nSPS) is 33.3. The van der Waals surface area contributed by atoms with Crippen molar-refractivity contribution in [1.82, 2.24) is 9.80 Å². The monoisotopic (exact) mass is 168 g/mol. The summed E-state index contributed by atoms with van der Waals surface area (Å²) in [5, 5.41) is 7.00. The molecule has 0 spiro atoms. The molecule has 0 aromatic heterocycles. The molecule has 3 saturated heterocycles. The van der Waals surface area contributed by atoms with Crippen LogP contribution in [0, 0.1) is 0 Å². The Morgan fingerprint density at radius 2 is 1.00 bits per heavy atom. The van der Waals surface area contributed by atoms with Gasteiger partial charge >= 0.3 is 29.6 Å². The number of aliphatic hydroxyl groups excluding tert-OH is 1. The van der Waals surface area contributed by atoms with E-state index in [1.165, 1.54) is 39.3 Å². The van der Waals surface area contributed by atoms with Crippen molar-refractivity contribution in [3.05, 3.63) is 0 Å². The summed E-state index contributed by atoms with van der Waals surface area (Å²) in [5.41, 5.74) is 0. The Hall–Kier alpha value is 0.880. The van der Waals surface area contributed by atoms with Crippen molar-refractivity contribution in [2.75, 3.05) is 46.4 Å². The quantitative estimate of drug-likeness (QED) is 0.378. The van der Waals surface area contributed by atoms with E-state index >= 15 is 0 Å². The van der Waals surface area contributed by atoms with Gasteiger partial charge in [0.25, 0.3) is 0 Å². The summed E-state index contributed by atoms with van der Waals surface area (Å²) in [5.74, 6) is 0. The van der Waals surface area contributed by atoms with Gasteiger partial charge < -0.3 is 6.53 Å². The molecular weight excluding hydrogens is 151 g/mol. The van der Waals surface area contributed by atoms with Crippen LogP contribution < -0.4 is 29.6 Å². The minimum absolute atomic E-state index is 0. The van der Waals surface area contributed by atoms with Gasteiger partial charge in [0.1, 0.15) is 0 Å². The largest absolute Gasteiger partial charge is 1.00 e. The van der Waals surface area contributed by atoms with Crippen molar-refractivity contribution in [1.29, 1.82) is 0 Å². The van der Waals surface area contributed by atoms with Crippen LogP contribution in [0.5, 0.6) is 0 Å². The summed E-state index contributed by atoms with van der Waals surface area (Å²) in [4.78, 5) is 5.08. The van der Waals surface area contributed by atoms with Crippen LogP contribution in [0.2, 0.25) is 0 Å². The maximum Gasteiger partial charge on any atom is 1.00 e. The smallest absolute Gasteiger partial charge is 1.00 e. The van der Waals surface area contributed by atoms with Gasteiger partial charge in [-0.15, -0.1) is 0 Å². The number of hydrogen-bond acceptors (Lipinski definition) is 3. The third-order valence-corrected chi connectivity index (χ3v) is 2.20. The van der Waals surface area contributed by atoms with Crippen LogP contribution in [-0.4, -0.2) is 61.3 Å². The fourth-order valence-electron chi connectivity index (χ4n) is 1.52. The van der Waals surface area contributed by atoms with Crippen molar-refractivity contribution in [2.45, 2.75) is 0 Å². The average Bonchev–Trinajstić information content (AvgIpc) is 2.11. The SMILES string of the molecule is C1CN2CCN1CC2.CO.[H-].[Na+]. The fourth-order valence-corrected chi connectivity index (χ4v) is 1.52. The van der Waals surface area contributed by atoms with Crippen molar-refractivity contribution in [2.24, 2.45) is 0 Å². The molecule has 11 heavy (non-hydrogen) atoms. The van der Waals surface area contributed by atoms with Crippen LogP contribution >= 0.6 is 0 Å². The number of piperazine rings is 3. The van der Waals surface area contributed by atoms with Crippen LogP contribution in [0.25, 0.3) is 0 Å². The summed E-state index contributed by atoms with van der Waals surface area (Å²) < 4.78 is 0. The Morgan fingerprint density at radius 3 is 1.09 bits per heavy atom. The summed E-state index contributed by atoms with van der Waals surface area (Å²) in [6, 6.07) is 0. The molecule has 3 fully saturated rings. The van der Waals surface area contributed by atoms with Crippen molar-refractivity contribution in [3.63, 3.8) is 0 Å². The van der Waals surface area contributed by atoms with Gasteiger partial charge in [-0.25, -0.2) is 0 Å². The maximum absolute atomic E-state index is 7.00. The van der Waals surface area contributed by atoms with E-state index in [2.05, 4.69) is 9.80 Å². The molecule has 4 heteroatoms. The number of fused-ring (bicyclic) bond motifs is 3. The first kappa shape index (κ1) is 11.9. The number of rotatable bonds is 0. The molecule has 1 N–H and O–H groups in total. The molecule has 3 aliphatic heterocycles. The Morgan fingerprint density at radius 1 is 0.818 bits per heavy atom. The summed E-state index contributed by atoms with van der Waals surface area (Å²) in [7, 11) is 1.00. The molecule has 0 amide bonds. The Labute approximate surface area is 92.1 Å². The first-order valence-electron chi connectivity index (χ1n) is 3.84. The van der Waals surface area contributed by atoms with E-state index < -0.39 is 0 Å². The second-order valence-corrected chi connectivity index (χ2v) is 2.68. The predicted molar refractivity (Wildman–Crippen MR) is 42.1 cm³/mol. The number of aliphatic hydroxyl groups is 1. The van der Waals surface area contributed by atoms with Crippen LogP contribution in [-0.2, 0) is 0 Å². The van der Waals surface area contributed by atoms with Gasteiger partial charge in [0.15, 0.2) is 0 Å². The third-order valence-electron chi connectivity index (χ3n) is 2.20. The van der Waals surface area contributed by atoms with Gasteiger partial charge in [-0.1, -0.05) is 0 Å². The molecule has 3 nitrogen and oxygen atoms in total. The third kappa shape index (κ3) is 3.40. The molecule has 0 saturated carbocycles. The summed E-state index contributed by atoms with van der Waals surface area (Å²) >= 11 is 0. The van der Waals surface area contributed by atoms with Crippen LogP contribution in [0.1, 0.15) is 1.43 Å². The van der Waals surface area contributed by atoms with Crippen LogP contribution in [0.3, 0.4) is 0 Å². The fraction of sp³-hybridized carbons (Fsp3) is 1.00. The van der Waals surface area contributed by atoms with E-state index in [-0.39, 0.29) is 31.0 Å². The molecule has 0 aliphatic carbocycles. The predicted octanol–water partition coefficient (Wildman–Crippen LogP) is -3.66. The van der Waals surface area contributed by atoms with E-state index in [1.54, 1.807) is 0 Å². The van der Waals surface area contributed by atoms with Gasteiger partial charge in [-0.2, -0.15) is 0 Å². The molecule has 0 radical (unpaired) electrons. The van der Waals surface area contributed by atoms with E-state index in [1.807, 2.05) is 0 Å². The molecular formula is C7H17N2NaO. The molecule has 3 rings (SSSR count). The molecule has 0 aromatic carbocycles. The van der Waals surface area contributed by atoms with Crippen LogP contribution in [0.15, 0.2) is 0 Å². The molecule has 3 aliphatic rings. The average molecular weight is 168 g/mol. The summed E-state index contributed by atoms with van der Waals surface area (Å²) in [6.07, 6.45) is 0. The zero-order valence-corrected chi connectivity index (χ0v) is 9.58. The first-order chi connectivity index (χ1) is 4.95. The molecule has 0 atom stereocenters. The van der Waals surface area contributed by atoms with E-state index in [0.717, 1.165) is 7.11 Å². The number of hydrogen-bond donors (Lipinski definition) is 1. The second-order valence-electron chi connectivity index (χ2n) is 2.68. The molecule has 2 bridgehead atoms. The second kappa shape index (κ2) is 6.40.